The first kappa shape index (κ1) is 23.8. The van der Waals surface area contributed by atoms with E-state index < -0.39 is 16.3 Å². The number of fused-ring (bicyclic) bond motifs is 1. The topological polar surface area (TPSA) is 4.93 Å². The van der Waals surface area contributed by atoms with E-state index in [0.29, 0.717) is 16.6 Å². The summed E-state index contributed by atoms with van der Waals surface area (Å²) >= 11 is 10.7. The summed E-state index contributed by atoms with van der Waals surface area (Å²) in [5.74, 6) is 0. The quantitative estimate of drug-likeness (QED) is 0.291. The van der Waals surface area contributed by atoms with E-state index in [-0.39, 0.29) is 0 Å². The van der Waals surface area contributed by atoms with Crippen LogP contribution < -0.4 is 10.4 Å². The van der Waals surface area contributed by atoms with Crippen molar-refractivity contribution in [3.05, 3.63) is 58.2 Å². The third-order valence-corrected chi connectivity index (χ3v) is 19.2. The Labute approximate surface area is 198 Å². The van der Waals surface area contributed by atoms with Crippen molar-refractivity contribution < 1.29 is 0 Å². The van der Waals surface area contributed by atoms with Crippen LogP contribution in [0.25, 0.3) is 10.9 Å². The molecule has 0 amide bonds. The zero-order valence-electron chi connectivity index (χ0n) is 19.6. The van der Waals surface area contributed by atoms with E-state index in [1.807, 2.05) is 0 Å². The third kappa shape index (κ3) is 3.58. The minimum atomic E-state index is -1.95. The Bertz CT molecular complexity index is 1020. The Kier molecular flexibility index (Phi) is 6.84. The molecule has 0 saturated heterocycles. The minimum absolute atomic E-state index is 0.620. The molecule has 0 bridgehead atoms. The van der Waals surface area contributed by atoms with Gasteiger partial charge < -0.3 is 4.23 Å². The zero-order valence-corrected chi connectivity index (χ0v) is 23.9. The molecule has 0 fully saturated rings. The van der Waals surface area contributed by atoms with Gasteiger partial charge in [-0.1, -0.05) is 102 Å². The van der Waals surface area contributed by atoms with Crippen LogP contribution in [0.1, 0.15) is 41.5 Å². The Morgan fingerprint density at radius 2 is 1.37 bits per heavy atom. The van der Waals surface area contributed by atoms with Gasteiger partial charge in [0, 0.05) is 15.9 Å². The van der Waals surface area contributed by atoms with Gasteiger partial charge in [-0.2, -0.15) is 0 Å². The lowest BCUT2D eigenvalue weighted by molar-refractivity contribution is 0.769. The normalized spacial score (nSPS) is 13.2. The van der Waals surface area contributed by atoms with Gasteiger partial charge in [0.2, 0.25) is 0 Å². The van der Waals surface area contributed by atoms with E-state index in [1.165, 1.54) is 25.9 Å². The first-order chi connectivity index (χ1) is 14.0. The lowest BCUT2D eigenvalue weighted by atomic mass is 10.2. The predicted octanol–water partition coefficient (Wildman–Crippen LogP) is 7.90. The maximum atomic E-state index is 6.55. The molecular formula is C25H35BrClNSi2. The molecule has 2 aromatic carbocycles. The van der Waals surface area contributed by atoms with Crippen LogP contribution in [0.3, 0.4) is 0 Å². The monoisotopic (exact) mass is 519 g/mol. The molecule has 0 saturated carbocycles. The molecule has 1 nitrogen and oxygen atoms in total. The summed E-state index contributed by atoms with van der Waals surface area (Å²) in [4.78, 5) is 0. The first-order valence-electron chi connectivity index (χ1n) is 11.0. The molecule has 0 spiro atoms. The molecule has 0 N–H and O–H groups in total. The number of nitrogens with zero attached hydrogens (tertiary/aromatic N) is 1. The second-order valence-corrected chi connectivity index (χ2v) is 21.2. The largest absolute Gasteiger partial charge is 0.362 e. The van der Waals surface area contributed by atoms with E-state index in [2.05, 4.69) is 123 Å². The molecule has 1 aromatic heterocycles. The van der Waals surface area contributed by atoms with Crippen molar-refractivity contribution >= 4 is 65.1 Å². The van der Waals surface area contributed by atoms with Gasteiger partial charge in [0.1, 0.15) is 8.07 Å². The lowest BCUT2D eigenvalue weighted by Crippen LogP contribution is -2.55. The molecular weight excluding hydrogens is 486 g/mol. The van der Waals surface area contributed by atoms with Gasteiger partial charge in [0.05, 0.1) is 4.60 Å². The molecule has 162 valence electrons. The van der Waals surface area contributed by atoms with E-state index in [0.717, 1.165) is 5.02 Å². The fourth-order valence-corrected chi connectivity index (χ4v) is 18.5. The molecule has 3 rings (SSSR count). The highest BCUT2D eigenvalue weighted by molar-refractivity contribution is 9.10. The van der Waals surface area contributed by atoms with Crippen molar-refractivity contribution in [2.75, 3.05) is 0 Å². The second-order valence-electron chi connectivity index (χ2n) is 10.0. The summed E-state index contributed by atoms with van der Waals surface area (Å²) in [5, 5.41) is 5.08. The van der Waals surface area contributed by atoms with Crippen LogP contribution in [-0.4, -0.2) is 20.5 Å². The summed E-state index contributed by atoms with van der Waals surface area (Å²) in [6.07, 6.45) is 0. The first-order valence-corrected chi connectivity index (χ1v) is 17.4. The van der Waals surface area contributed by atoms with Crippen LogP contribution in [-0.2, 0) is 0 Å². The van der Waals surface area contributed by atoms with E-state index in [4.69, 9.17) is 11.6 Å². The molecule has 3 aromatic rings. The predicted molar refractivity (Wildman–Crippen MR) is 144 cm³/mol. The Hall–Kier alpha value is -0.816. The maximum absolute atomic E-state index is 6.55. The molecule has 0 aliphatic heterocycles. The number of rotatable bonds is 6. The smallest absolute Gasteiger partial charge is 0.170 e. The number of hydrogen-bond donors (Lipinski definition) is 0. The summed E-state index contributed by atoms with van der Waals surface area (Å²) in [6, 6.07) is 17.6. The Balaban J connectivity index is 2.49. The van der Waals surface area contributed by atoms with Crippen LogP contribution in [0.4, 0.5) is 0 Å². The number of halogens is 2. The molecule has 0 unspecified atom stereocenters. The number of benzene rings is 2. The van der Waals surface area contributed by atoms with Crippen molar-refractivity contribution in [2.45, 2.75) is 71.3 Å². The van der Waals surface area contributed by atoms with Crippen molar-refractivity contribution in [3.63, 3.8) is 0 Å². The molecule has 5 heteroatoms. The van der Waals surface area contributed by atoms with Crippen molar-refractivity contribution in [1.29, 1.82) is 0 Å². The fraction of sp³-hybridized carbons (Fsp3) is 0.440. The van der Waals surface area contributed by atoms with Gasteiger partial charge >= 0.3 is 0 Å². The molecule has 0 atom stereocenters. The zero-order chi connectivity index (χ0) is 22.4. The van der Waals surface area contributed by atoms with E-state index in [9.17, 15) is 0 Å². The van der Waals surface area contributed by atoms with Gasteiger partial charge in [-0.3, -0.25) is 0 Å². The van der Waals surface area contributed by atoms with Crippen LogP contribution in [0, 0.1) is 0 Å². The van der Waals surface area contributed by atoms with E-state index in [1.54, 1.807) is 0 Å². The summed E-state index contributed by atoms with van der Waals surface area (Å²) < 4.78 is 4.05. The third-order valence-electron chi connectivity index (χ3n) is 7.15. The molecule has 0 aliphatic carbocycles. The van der Waals surface area contributed by atoms with Gasteiger partial charge in [0.25, 0.3) is 0 Å². The minimum Gasteiger partial charge on any atom is -0.362 e. The molecule has 30 heavy (non-hydrogen) atoms. The lowest BCUT2D eigenvalue weighted by Gasteiger charge is -2.45. The molecule has 1 heterocycles. The van der Waals surface area contributed by atoms with Crippen molar-refractivity contribution in [1.82, 2.24) is 4.23 Å². The SMILES string of the molecule is CC(C)[Si](C(C)C)(C(C)C)n1c(Br)c([Si](C)(C)c2ccccc2)c2cc(Cl)ccc21. The highest BCUT2D eigenvalue weighted by Gasteiger charge is 2.48. The summed E-state index contributed by atoms with van der Waals surface area (Å²) in [7, 11) is -3.89. The molecule has 0 radical (unpaired) electrons. The van der Waals surface area contributed by atoms with Gasteiger partial charge in [-0.05, 0) is 55.9 Å². The van der Waals surface area contributed by atoms with Gasteiger partial charge in [-0.15, -0.1) is 0 Å². The fourth-order valence-electron chi connectivity index (χ4n) is 5.98. The van der Waals surface area contributed by atoms with Crippen LogP contribution in [0.15, 0.2) is 53.1 Å². The Morgan fingerprint density at radius 1 is 0.833 bits per heavy atom. The molecule has 0 aliphatic rings. The van der Waals surface area contributed by atoms with Crippen LogP contribution >= 0.6 is 27.5 Å². The standard InChI is InChI=1S/C25H35BrClNSi2/c1-17(2)30(18(3)4,19(5)6)28-23-15-14-20(27)16-22(23)24(25(28)26)29(7,8)21-12-10-9-11-13-21/h9-19H,1-8H3. The van der Waals surface area contributed by atoms with Crippen LogP contribution in [0.2, 0.25) is 34.7 Å². The van der Waals surface area contributed by atoms with Gasteiger partial charge in [-0.25, -0.2) is 0 Å². The average molecular weight is 521 g/mol. The highest BCUT2D eigenvalue weighted by atomic mass is 79.9. The van der Waals surface area contributed by atoms with Gasteiger partial charge in [0.15, 0.2) is 8.24 Å². The Morgan fingerprint density at radius 3 is 1.87 bits per heavy atom. The highest BCUT2D eigenvalue weighted by Crippen LogP contribution is 2.46. The summed E-state index contributed by atoms with van der Waals surface area (Å²) in [6.45, 7) is 19.5. The van der Waals surface area contributed by atoms with E-state index >= 15 is 0 Å². The second kappa shape index (κ2) is 8.61. The maximum Gasteiger partial charge on any atom is 0.170 e. The average Bonchev–Trinajstić information content (AvgIpc) is 2.94. The summed E-state index contributed by atoms with van der Waals surface area (Å²) in [5.41, 5.74) is 3.21. The number of aromatic nitrogens is 1. The van der Waals surface area contributed by atoms with Crippen molar-refractivity contribution in [2.24, 2.45) is 0 Å². The van der Waals surface area contributed by atoms with Crippen molar-refractivity contribution in [3.8, 4) is 0 Å². The number of hydrogen-bond acceptors (Lipinski definition) is 0. The van der Waals surface area contributed by atoms with Crippen LogP contribution in [0.5, 0.6) is 0 Å².